The van der Waals surface area contributed by atoms with Gasteiger partial charge >= 0.3 is 0 Å². The van der Waals surface area contributed by atoms with Crippen molar-refractivity contribution in [3.8, 4) is 5.75 Å². The molecule has 0 saturated carbocycles. The lowest BCUT2D eigenvalue weighted by Gasteiger charge is -2.39. The van der Waals surface area contributed by atoms with Gasteiger partial charge < -0.3 is 19.5 Å². The number of hydrogen-bond donors (Lipinski definition) is 1. The molecule has 2 aliphatic rings. The third-order valence-electron chi connectivity index (χ3n) is 5.92. The van der Waals surface area contributed by atoms with E-state index in [1.54, 1.807) is 7.11 Å². The fourth-order valence-electron chi connectivity index (χ4n) is 4.10. The number of nitrogens with zero attached hydrogens (tertiary/aromatic N) is 4. The smallest absolute Gasteiger partial charge is 0.260 e. The third-order valence-corrected chi connectivity index (χ3v) is 7.75. The van der Waals surface area contributed by atoms with Crippen molar-refractivity contribution in [1.82, 2.24) is 19.2 Å². The van der Waals surface area contributed by atoms with Gasteiger partial charge in [0, 0.05) is 50.9 Å². The number of rotatable bonds is 5. The monoisotopic (exact) mass is 433 g/mol. The van der Waals surface area contributed by atoms with E-state index in [1.165, 1.54) is 16.8 Å². The fraction of sp³-hybridized carbons (Fsp3) is 0.500. The van der Waals surface area contributed by atoms with Gasteiger partial charge in [0.15, 0.2) is 5.03 Å². The van der Waals surface area contributed by atoms with E-state index in [1.807, 2.05) is 29.2 Å². The number of imidazole rings is 1. The summed E-state index contributed by atoms with van der Waals surface area (Å²) in [5, 5.41) is 0.0990. The molecule has 10 heteroatoms. The number of ether oxygens (including phenoxy) is 1. The Morgan fingerprint density at radius 1 is 1.07 bits per heavy atom. The van der Waals surface area contributed by atoms with E-state index in [2.05, 4.69) is 14.9 Å². The Hall–Kier alpha value is -2.59. The lowest BCUT2D eigenvalue weighted by Crippen LogP contribution is -2.52. The maximum atomic E-state index is 13.0. The molecule has 0 bridgehead atoms. The number of carbonyl (C=O) groups is 1. The zero-order valence-corrected chi connectivity index (χ0v) is 17.8. The van der Waals surface area contributed by atoms with Gasteiger partial charge in [0.2, 0.25) is 5.91 Å². The van der Waals surface area contributed by atoms with Crippen LogP contribution < -0.4 is 9.64 Å². The standard InChI is InChI=1S/C20H27N5O4S/c1-29-18-4-2-17(3-5-18)23-10-12-24(13-11-23)20(26)16-6-8-25(9-7-16)30(27,28)19-14-21-15-22-19/h2-5,14-16H,6-13H2,1H3,(H,21,22). The summed E-state index contributed by atoms with van der Waals surface area (Å²) in [5.41, 5.74) is 1.13. The fourth-order valence-corrected chi connectivity index (χ4v) is 5.47. The molecular formula is C20H27N5O4S. The number of amides is 1. The van der Waals surface area contributed by atoms with Crippen molar-refractivity contribution in [2.75, 3.05) is 51.3 Å². The maximum Gasteiger partial charge on any atom is 0.260 e. The Kier molecular flexibility index (Phi) is 5.96. The quantitative estimate of drug-likeness (QED) is 0.760. The average Bonchev–Trinajstić information content (AvgIpc) is 3.35. The van der Waals surface area contributed by atoms with Crippen molar-refractivity contribution < 1.29 is 17.9 Å². The van der Waals surface area contributed by atoms with Gasteiger partial charge in [-0.3, -0.25) is 4.79 Å². The van der Waals surface area contributed by atoms with Crippen molar-refractivity contribution in [2.24, 2.45) is 5.92 Å². The summed E-state index contributed by atoms with van der Waals surface area (Å²) >= 11 is 0. The van der Waals surface area contributed by atoms with Crippen molar-refractivity contribution in [3.63, 3.8) is 0 Å². The molecule has 2 aliphatic heterocycles. The molecule has 2 aromatic rings. The van der Waals surface area contributed by atoms with Gasteiger partial charge in [-0.15, -0.1) is 0 Å². The summed E-state index contributed by atoms with van der Waals surface area (Å²) in [6.45, 7) is 3.62. The van der Waals surface area contributed by atoms with Crippen molar-refractivity contribution in [3.05, 3.63) is 36.8 Å². The van der Waals surface area contributed by atoms with Crippen LogP contribution >= 0.6 is 0 Å². The van der Waals surface area contributed by atoms with Gasteiger partial charge in [-0.1, -0.05) is 0 Å². The van der Waals surface area contributed by atoms with E-state index in [0.717, 1.165) is 24.5 Å². The van der Waals surface area contributed by atoms with Gasteiger partial charge in [0.25, 0.3) is 10.0 Å². The normalized spacial score (nSPS) is 19.1. The topological polar surface area (TPSA) is 98.8 Å². The predicted molar refractivity (Wildman–Crippen MR) is 112 cm³/mol. The Labute approximate surface area is 176 Å². The maximum absolute atomic E-state index is 13.0. The second kappa shape index (κ2) is 8.65. The molecule has 0 spiro atoms. The lowest BCUT2D eigenvalue weighted by atomic mass is 9.96. The number of benzene rings is 1. The molecule has 9 nitrogen and oxygen atoms in total. The van der Waals surface area contributed by atoms with Crippen LogP contribution in [0.5, 0.6) is 5.75 Å². The Morgan fingerprint density at radius 3 is 2.30 bits per heavy atom. The molecule has 0 radical (unpaired) electrons. The van der Waals surface area contributed by atoms with Crippen LogP contribution in [-0.2, 0) is 14.8 Å². The van der Waals surface area contributed by atoms with Gasteiger partial charge in [0.05, 0.1) is 19.6 Å². The highest BCUT2D eigenvalue weighted by Gasteiger charge is 2.35. The zero-order chi connectivity index (χ0) is 21.1. The zero-order valence-electron chi connectivity index (χ0n) is 17.0. The second-order valence-corrected chi connectivity index (χ2v) is 9.51. The molecule has 1 amide bonds. The number of hydrogen-bond acceptors (Lipinski definition) is 6. The molecule has 1 N–H and O–H groups in total. The van der Waals surface area contributed by atoms with Crippen LogP contribution in [0.2, 0.25) is 0 Å². The Balaban J connectivity index is 1.29. The highest BCUT2D eigenvalue weighted by Crippen LogP contribution is 2.26. The highest BCUT2D eigenvalue weighted by molar-refractivity contribution is 7.89. The van der Waals surface area contributed by atoms with E-state index < -0.39 is 10.0 Å². The number of piperidine rings is 1. The molecule has 0 atom stereocenters. The second-order valence-electron chi connectivity index (χ2n) is 7.60. The van der Waals surface area contributed by atoms with Crippen LogP contribution in [0.25, 0.3) is 0 Å². The summed E-state index contributed by atoms with van der Waals surface area (Å²) in [5.74, 6) is 0.849. The van der Waals surface area contributed by atoms with E-state index >= 15 is 0 Å². The van der Waals surface area contributed by atoms with Crippen molar-refractivity contribution in [2.45, 2.75) is 17.9 Å². The highest BCUT2D eigenvalue weighted by atomic mass is 32.2. The van der Waals surface area contributed by atoms with Gasteiger partial charge in [-0.2, -0.15) is 4.31 Å². The largest absolute Gasteiger partial charge is 0.497 e. The van der Waals surface area contributed by atoms with Gasteiger partial charge in [-0.25, -0.2) is 13.4 Å². The van der Waals surface area contributed by atoms with Gasteiger partial charge in [-0.05, 0) is 37.1 Å². The number of carbonyl (C=O) groups excluding carboxylic acids is 1. The number of aromatic amines is 1. The van der Waals surface area contributed by atoms with E-state index in [4.69, 9.17) is 4.74 Å². The number of anilines is 1. The van der Waals surface area contributed by atoms with Gasteiger partial charge in [0.1, 0.15) is 5.75 Å². The van der Waals surface area contributed by atoms with Crippen LogP contribution in [0, 0.1) is 5.92 Å². The summed E-state index contributed by atoms with van der Waals surface area (Å²) in [6.07, 6.45) is 3.76. The minimum Gasteiger partial charge on any atom is -0.497 e. The first-order chi connectivity index (χ1) is 14.5. The third kappa shape index (κ3) is 4.15. The SMILES string of the molecule is COc1ccc(N2CCN(C(=O)C3CCN(S(=O)(=O)c4cnc[nH]4)CC3)CC2)cc1. The molecule has 30 heavy (non-hydrogen) atoms. The number of H-pyrrole nitrogens is 1. The molecule has 3 heterocycles. The Bertz CT molecular complexity index is 946. The first-order valence-corrected chi connectivity index (χ1v) is 11.6. The summed E-state index contributed by atoms with van der Waals surface area (Å²) in [4.78, 5) is 23.6. The molecule has 1 aromatic carbocycles. The molecule has 162 valence electrons. The first kappa shape index (κ1) is 20.7. The molecule has 1 aromatic heterocycles. The van der Waals surface area contributed by atoms with E-state index in [9.17, 15) is 13.2 Å². The molecule has 2 saturated heterocycles. The first-order valence-electron chi connectivity index (χ1n) is 10.2. The van der Waals surface area contributed by atoms with Crippen molar-refractivity contribution in [1.29, 1.82) is 0 Å². The van der Waals surface area contributed by atoms with E-state index in [-0.39, 0.29) is 16.9 Å². The van der Waals surface area contributed by atoms with Crippen LogP contribution in [0.3, 0.4) is 0 Å². The molecule has 0 unspecified atom stereocenters. The number of nitrogens with one attached hydrogen (secondary N) is 1. The van der Waals surface area contributed by atoms with Crippen LogP contribution in [0.15, 0.2) is 41.8 Å². The minimum atomic E-state index is -3.56. The molecule has 0 aliphatic carbocycles. The molecular weight excluding hydrogens is 406 g/mol. The molecule has 2 fully saturated rings. The number of methoxy groups -OCH3 is 1. The van der Waals surface area contributed by atoms with E-state index in [0.29, 0.717) is 39.0 Å². The summed E-state index contributed by atoms with van der Waals surface area (Å²) in [7, 11) is -1.91. The Morgan fingerprint density at radius 2 is 1.73 bits per heavy atom. The number of sulfonamides is 1. The average molecular weight is 434 g/mol. The summed E-state index contributed by atoms with van der Waals surface area (Å²) < 4.78 is 31.8. The van der Waals surface area contributed by atoms with Crippen LogP contribution in [0.4, 0.5) is 5.69 Å². The number of piperazine rings is 1. The minimum absolute atomic E-state index is 0.0990. The van der Waals surface area contributed by atoms with Crippen LogP contribution in [0.1, 0.15) is 12.8 Å². The number of aromatic nitrogens is 2. The summed E-state index contributed by atoms with van der Waals surface area (Å²) in [6, 6.07) is 7.95. The van der Waals surface area contributed by atoms with Crippen LogP contribution in [-0.4, -0.2) is 79.9 Å². The lowest BCUT2D eigenvalue weighted by molar-refractivity contribution is -0.137. The van der Waals surface area contributed by atoms with Crippen molar-refractivity contribution >= 4 is 21.6 Å². The predicted octanol–water partition coefficient (Wildman–Crippen LogP) is 1.17. The molecule has 4 rings (SSSR count).